The van der Waals surface area contributed by atoms with Crippen LogP contribution in [0.4, 0.5) is 0 Å². The molecule has 0 unspecified atom stereocenters. The maximum Gasteiger partial charge on any atom is 0.267 e. The maximum atomic E-state index is 13.5. The molecule has 0 atom stereocenters. The van der Waals surface area contributed by atoms with Gasteiger partial charge in [0.15, 0.2) is 5.17 Å². The molecular formula is C31H25ClN2O2S. The fourth-order valence-corrected chi connectivity index (χ4v) is 4.97. The van der Waals surface area contributed by atoms with E-state index in [0.29, 0.717) is 34.8 Å². The summed E-state index contributed by atoms with van der Waals surface area (Å²) in [6.07, 6.45) is 1.91. The molecule has 0 spiro atoms. The number of aliphatic imine (C=N–C) groups is 1. The average Bonchev–Trinajstić information content (AvgIpc) is 3.22. The zero-order chi connectivity index (χ0) is 25.5. The standard InChI is InChI=1S/C31H25ClN2O2S/c32-27-16-14-25(15-17-27)22-36-28-13-7-12-26(18-28)19-29-30(35)34(21-24-10-5-2-6-11-24)31(37-29)33-20-23-8-3-1-4-9-23/h1-19H,20-22H2/b29-19-,33-31?. The first-order chi connectivity index (χ1) is 18.1. The fraction of sp³-hybridized carbons (Fsp3) is 0.0968. The van der Waals surface area contributed by atoms with Gasteiger partial charge in [-0.25, -0.2) is 0 Å². The van der Waals surface area contributed by atoms with Crippen molar-refractivity contribution in [2.75, 3.05) is 0 Å². The van der Waals surface area contributed by atoms with Gasteiger partial charge in [-0.1, -0.05) is 96.5 Å². The number of rotatable bonds is 8. The lowest BCUT2D eigenvalue weighted by molar-refractivity contribution is -0.122. The number of benzene rings is 4. The lowest BCUT2D eigenvalue weighted by atomic mass is 10.2. The van der Waals surface area contributed by atoms with Crippen molar-refractivity contribution >= 4 is 40.5 Å². The fourth-order valence-electron chi connectivity index (χ4n) is 3.87. The average molecular weight is 525 g/mol. The van der Waals surface area contributed by atoms with Gasteiger partial charge in [-0.3, -0.25) is 14.7 Å². The molecule has 1 aliphatic heterocycles. The van der Waals surface area contributed by atoms with Crippen molar-refractivity contribution in [2.45, 2.75) is 19.7 Å². The number of amides is 1. The van der Waals surface area contributed by atoms with Crippen LogP contribution in [0, 0.1) is 0 Å². The number of carbonyl (C=O) groups is 1. The normalized spacial score (nSPS) is 15.5. The minimum absolute atomic E-state index is 0.0480. The highest BCUT2D eigenvalue weighted by Gasteiger charge is 2.33. The predicted octanol–water partition coefficient (Wildman–Crippen LogP) is 7.59. The number of amidine groups is 1. The minimum Gasteiger partial charge on any atom is -0.489 e. The van der Waals surface area contributed by atoms with E-state index in [1.165, 1.54) is 11.8 Å². The van der Waals surface area contributed by atoms with Crippen molar-refractivity contribution in [1.29, 1.82) is 0 Å². The first kappa shape index (κ1) is 24.9. The quantitative estimate of drug-likeness (QED) is 0.223. The topological polar surface area (TPSA) is 41.9 Å². The van der Waals surface area contributed by atoms with Crippen LogP contribution in [-0.4, -0.2) is 16.0 Å². The van der Waals surface area contributed by atoms with E-state index in [-0.39, 0.29) is 5.91 Å². The Bertz CT molecular complexity index is 1420. The zero-order valence-electron chi connectivity index (χ0n) is 20.1. The molecule has 1 saturated heterocycles. The number of thioether (sulfide) groups is 1. The maximum absolute atomic E-state index is 13.5. The summed E-state index contributed by atoms with van der Waals surface area (Å²) in [5.41, 5.74) is 4.09. The van der Waals surface area contributed by atoms with Crippen LogP contribution in [0.1, 0.15) is 22.3 Å². The minimum atomic E-state index is -0.0480. The molecule has 4 nitrogen and oxygen atoms in total. The summed E-state index contributed by atoms with van der Waals surface area (Å²) in [6.45, 7) is 1.43. The third kappa shape index (κ3) is 6.70. The molecule has 0 N–H and O–H groups in total. The summed E-state index contributed by atoms with van der Waals surface area (Å²) < 4.78 is 5.97. The Hall–Kier alpha value is -3.80. The van der Waals surface area contributed by atoms with Crippen molar-refractivity contribution in [1.82, 2.24) is 4.90 Å². The smallest absolute Gasteiger partial charge is 0.267 e. The molecule has 6 heteroatoms. The molecular weight excluding hydrogens is 500 g/mol. The van der Waals surface area contributed by atoms with E-state index in [4.69, 9.17) is 21.3 Å². The summed E-state index contributed by atoms with van der Waals surface area (Å²) in [7, 11) is 0. The van der Waals surface area contributed by atoms with E-state index in [1.807, 2.05) is 115 Å². The molecule has 37 heavy (non-hydrogen) atoms. The molecule has 0 saturated carbocycles. The van der Waals surface area contributed by atoms with E-state index in [0.717, 1.165) is 28.0 Å². The number of hydrogen-bond acceptors (Lipinski definition) is 4. The second-order valence-corrected chi connectivity index (χ2v) is 10.0. The molecule has 1 heterocycles. The molecule has 4 aromatic rings. The highest BCUT2D eigenvalue weighted by Crippen LogP contribution is 2.34. The van der Waals surface area contributed by atoms with Crippen molar-refractivity contribution in [3.8, 4) is 5.75 Å². The first-order valence-corrected chi connectivity index (χ1v) is 13.1. The van der Waals surface area contributed by atoms with Gasteiger partial charge in [0, 0.05) is 5.02 Å². The monoisotopic (exact) mass is 524 g/mol. The molecule has 0 radical (unpaired) electrons. The Morgan fingerprint density at radius 1 is 0.811 bits per heavy atom. The zero-order valence-corrected chi connectivity index (χ0v) is 21.7. The van der Waals surface area contributed by atoms with Crippen molar-refractivity contribution in [3.63, 3.8) is 0 Å². The van der Waals surface area contributed by atoms with Gasteiger partial charge in [-0.2, -0.15) is 0 Å². The molecule has 0 aliphatic carbocycles. The van der Waals surface area contributed by atoms with Crippen LogP contribution in [0.2, 0.25) is 5.02 Å². The molecule has 0 aromatic heterocycles. The van der Waals surface area contributed by atoms with Crippen LogP contribution in [-0.2, 0) is 24.5 Å². The van der Waals surface area contributed by atoms with Crippen molar-refractivity contribution in [2.24, 2.45) is 4.99 Å². The highest BCUT2D eigenvalue weighted by molar-refractivity contribution is 8.18. The number of halogens is 1. The van der Waals surface area contributed by atoms with E-state index >= 15 is 0 Å². The van der Waals surface area contributed by atoms with Gasteiger partial charge in [-0.05, 0) is 64.4 Å². The summed E-state index contributed by atoms with van der Waals surface area (Å²) in [6, 6.07) is 35.4. The van der Waals surface area contributed by atoms with Gasteiger partial charge >= 0.3 is 0 Å². The van der Waals surface area contributed by atoms with Crippen LogP contribution in [0.5, 0.6) is 5.75 Å². The van der Waals surface area contributed by atoms with Gasteiger partial charge in [0.1, 0.15) is 12.4 Å². The summed E-state index contributed by atoms with van der Waals surface area (Å²) >= 11 is 7.38. The van der Waals surface area contributed by atoms with Gasteiger partial charge in [0.05, 0.1) is 18.0 Å². The van der Waals surface area contributed by atoms with Crippen LogP contribution in [0.3, 0.4) is 0 Å². The number of hydrogen-bond donors (Lipinski definition) is 0. The highest BCUT2D eigenvalue weighted by atomic mass is 35.5. The van der Waals surface area contributed by atoms with Gasteiger partial charge in [0.25, 0.3) is 5.91 Å². The molecule has 0 bridgehead atoms. The molecule has 184 valence electrons. The molecule has 1 fully saturated rings. The third-order valence-corrected chi connectivity index (χ3v) is 7.08. The lowest BCUT2D eigenvalue weighted by Crippen LogP contribution is -2.28. The number of ether oxygens (including phenoxy) is 1. The SMILES string of the molecule is O=C1/C(=C/c2cccc(OCc3ccc(Cl)cc3)c2)SC(=NCc2ccccc2)N1Cc1ccccc1. The van der Waals surface area contributed by atoms with Gasteiger partial charge in [0.2, 0.25) is 0 Å². The van der Waals surface area contributed by atoms with Crippen LogP contribution in [0.15, 0.2) is 119 Å². The van der Waals surface area contributed by atoms with E-state index < -0.39 is 0 Å². The Kier molecular flexibility index (Phi) is 8.04. The number of nitrogens with zero attached hydrogens (tertiary/aromatic N) is 2. The summed E-state index contributed by atoms with van der Waals surface area (Å²) in [5, 5.41) is 1.41. The van der Waals surface area contributed by atoms with Crippen molar-refractivity contribution < 1.29 is 9.53 Å². The second kappa shape index (κ2) is 12.0. The Morgan fingerprint density at radius 2 is 1.51 bits per heavy atom. The Morgan fingerprint density at radius 3 is 2.24 bits per heavy atom. The Balaban J connectivity index is 1.35. The van der Waals surface area contributed by atoms with Crippen LogP contribution < -0.4 is 4.74 Å². The predicted molar refractivity (Wildman–Crippen MR) is 152 cm³/mol. The van der Waals surface area contributed by atoms with Gasteiger partial charge < -0.3 is 4.74 Å². The van der Waals surface area contributed by atoms with Crippen molar-refractivity contribution in [3.05, 3.63) is 141 Å². The summed E-state index contributed by atoms with van der Waals surface area (Å²) in [5.74, 6) is 0.687. The van der Waals surface area contributed by atoms with Gasteiger partial charge in [-0.15, -0.1) is 0 Å². The molecule has 1 amide bonds. The lowest BCUT2D eigenvalue weighted by Gasteiger charge is -2.15. The second-order valence-electron chi connectivity index (χ2n) is 8.56. The summed E-state index contributed by atoms with van der Waals surface area (Å²) in [4.78, 5) is 20.7. The molecule has 1 aliphatic rings. The largest absolute Gasteiger partial charge is 0.489 e. The van der Waals surface area contributed by atoms with Crippen LogP contribution >= 0.6 is 23.4 Å². The van der Waals surface area contributed by atoms with E-state index in [9.17, 15) is 4.79 Å². The van der Waals surface area contributed by atoms with Crippen LogP contribution in [0.25, 0.3) is 6.08 Å². The molecule has 5 rings (SSSR count). The third-order valence-electron chi connectivity index (χ3n) is 5.79. The molecule has 4 aromatic carbocycles. The first-order valence-electron chi connectivity index (χ1n) is 11.9. The Labute approximate surface area is 226 Å². The van der Waals surface area contributed by atoms with E-state index in [2.05, 4.69) is 0 Å². The van der Waals surface area contributed by atoms with E-state index in [1.54, 1.807) is 4.90 Å². The number of carbonyl (C=O) groups excluding carboxylic acids is 1.